The highest BCUT2D eigenvalue weighted by Crippen LogP contribution is 2.18. The second kappa shape index (κ2) is 5.21. The van der Waals surface area contributed by atoms with E-state index in [4.69, 9.17) is 5.11 Å². The largest absolute Gasteiger partial charge is 0.478 e. The van der Waals surface area contributed by atoms with Gasteiger partial charge in [0, 0.05) is 18.7 Å². The molecule has 0 bridgehead atoms. The van der Waals surface area contributed by atoms with Crippen molar-refractivity contribution >= 4 is 11.9 Å². The molecule has 1 aromatic rings. The second-order valence-electron chi connectivity index (χ2n) is 4.88. The number of piperidine rings is 1. The van der Waals surface area contributed by atoms with Gasteiger partial charge in [0.25, 0.3) is 5.91 Å². The monoisotopic (exact) mass is 247 g/mol. The van der Waals surface area contributed by atoms with Gasteiger partial charge in [0.05, 0.1) is 5.56 Å². The number of nitrogens with zero attached hydrogens (tertiary/aromatic N) is 1. The minimum absolute atomic E-state index is 0.0651. The van der Waals surface area contributed by atoms with Crippen LogP contribution in [0.2, 0.25) is 0 Å². The lowest BCUT2D eigenvalue weighted by Gasteiger charge is -2.31. The molecule has 1 aromatic carbocycles. The lowest BCUT2D eigenvalue weighted by Crippen LogP contribution is -2.39. The SMILES string of the molecule is CC1CCCN(C(=O)c2cccc(C(=O)O)c2)C1. The lowest BCUT2D eigenvalue weighted by atomic mass is 9.99. The predicted molar refractivity (Wildman–Crippen MR) is 67.7 cm³/mol. The van der Waals surface area contributed by atoms with Gasteiger partial charge in [-0.1, -0.05) is 13.0 Å². The Bertz CT molecular complexity index is 470. The predicted octanol–water partition coefficient (Wildman–Crippen LogP) is 2.26. The number of rotatable bonds is 2. The summed E-state index contributed by atoms with van der Waals surface area (Å²) in [5, 5.41) is 8.92. The fourth-order valence-electron chi connectivity index (χ4n) is 2.34. The minimum atomic E-state index is -1.00. The Morgan fingerprint density at radius 2 is 2.06 bits per heavy atom. The molecule has 1 aliphatic heterocycles. The van der Waals surface area contributed by atoms with Crippen LogP contribution in [-0.2, 0) is 0 Å². The van der Waals surface area contributed by atoms with Crippen LogP contribution in [0, 0.1) is 5.92 Å². The molecule has 1 amide bonds. The molecule has 1 aliphatic rings. The smallest absolute Gasteiger partial charge is 0.335 e. The van der Waals surface area contributed by atoms with Gasteiger partial charge in [-0.3, -0.25) is 4.79 Å². The van der Waals surface area contributed by atoms with Crippen molar-refractivity contribution in [3.05, 3.63) is 35.4 Å². The Morgan fingerprint density at radius 3 is 2.72 bits per heavy atom. The first-order valence-corrected chi connectivity index (χ1v) is 6.20. The van der Waals surface area contributed by atoms with E-state index in [1.54, 1.807) is 12.1 Å². The maximum atomic E-state index is 12.3. The van der Waals surface area contributed by atoms with Gasteiger partial charge in [-0.15, -0.1) is 0 Å². The molecule has 0 radical (unpaired) electrons. The Hall–Kier alpha value is -1.84. The first-order chi connectivity index (χ1) is 8.58. The highest BCUT2D eigenvalue weighted by Gasteiger charge is 2.22. The Kier molecular flexibility index (Phi) is 3.65. The fourth-order valence-corrected chi connectivity index (χ4v) is 2.34. The van der Waals surface area contributed by atoms with Gasteiger partial charge in [-0.05, 0) is 37.0 Å². The summed E-state index contributed by atoms with van der Waals surface area (Å²) in [6.07, 6.45) is 2.17. The van der Waals surface area contributed by atoms with Crippen LogP contribution < -0.4 is 0 Å². The van der Waals surface area contributed by atoms with Crippen LogP contribution in [0.4, 0.5) is 0 Å². The number of aromatic carboxylic acids is 1. The Morgan fingerprint density at radius 1 is 1.33 bits per heavy atom. The summed E-state index contributed by atoms with van der Waals surface area (Å²) in [5.74, 6) is -0.549. The number of carboxylic acid groups (broad SMARTS) is 1. The maximum Gasteiger partial charge on any atom is 0.335 e. The zero-order valence-corrected chi connectivity index (χ0v) is 10.4. The van der Waals surface area contributed by atoms with Crippen LogP contribution in [0.3, 0.4) is 0 Å². The molecule has 96 valence electrons. The van der Waals surface area contributed by atoms with E-state index < -0.39 is 5.97 Å². The van der Waals surface area contributed by atoms with E-state index in [0.717, 1.165) is 25.9 Å². The van der Waals surface area contributed by atoms with Gasteiger partial charge in [-0.25, -0.2) is 4.79 Å². The van der Waals surface area contributed by atoms with Crippen molar-refractivity contribution in [2.45, 2.75) is 19.8 Å². The van der Waals surface area contributed by atoms with Crippen LogP contribution in [0.25, 0.3) is 0 Å². The summed E-state index contributed by atoms with van der Waals surface area (Å²) < 4.78 is 0. The number of hydrogen-bond acceptors (Lipinski definition) is 2. The van der Waals surface area contributed by atoms with Crippen molar-refractivity contribution in [1.29, 1.82) is 0 Å². The molecule has 18 heavy (non-hydrogen) atoms. The Balaban J connectivity index is 2.17. The zero-order valence-electron chi connectivity index (χ0n) is 10.4. The average Bonchev–Trinajstić information content (AvgIpc) is 2.38. The lowest BCUT2D eigenvalue weighted by molar-refractivity contribution is 0.0683. The van der Waals surface area contributed by atoms with Gasteiger partial charge in [0.1, 0.15) is 0 Å². The summed E-state index contributed by atoms with van der Waals surface area (Å²) in [6.45, 7) is 3.66. The third kappa shape index (κ3) is 2.70. The number of hydrogen-bond donors (Lipinski definition) is 1. The number of likely N-dealkylation sites (tertiary alicyclic amines) is 1. The van der Waals surface area contributed by atoms with Crippen LogP contribution in [0.5, 0.6) is 0 Å². The molecule has 4 heteroatoms. The molecule has 1 saturated heterocycles. The van der Waals surface area contributed by atoms with Crippen LogP contribution in [0.15, 0.2) is 24.3 Å². The summed E-state index contributed by atoms with van der Waals surface area (Å²) in [6, 6.07) is 6.24. The quantitative estimate of drug-likeness (QED) is 0.872. The van der Waals surface area contributed by atoms with Gasteiger partial charge >= 0.3 is 5.97 Å². The van der Waals surface area contributed by atoms with Gasteiger partial charge in [-0.2, -0.15) is 0 Å². The molecular formula is C14H17NO3. The summed E-state index contributed by atoms with van der Waals surface area (Å²) in [4.78, 5) is 24.9. The van der Waals surface area contributed by atoms with Crippen molar-refractivity contribution in [1.82, 2.24) is 4.90 Å². The van der Waals surface area contributed by atoms with Gasteiger partial charge in [0.15, 0.2) is 0 Å². The second-order valence-corrected chi connectivity index (χ2v) is 4.88. The molecular weight excluding hydrogens is 230 g/mol. The normalized spacial score (nSPS) is 19.6. The van der Waals surface area contributed by atoms with E-state index in [2.05, 4.69) is 6.92 Å². The maximum absolute atomic E-state index is 12.3. The zero-order chi connectivity index (χ0) is 13.1. The van der Waals surface area contributed by atoms with E-state index in [1.807, 2.05) is 4.90 Å². The number of carbonyl (C=O) groups excluding carboxylic acids is 1. The van der Waals surface area contributed by atoms with Crippen LogP contribution >= 0.6 is 0 Å². The topological polar surface area (TPSA) is 57.6 Å². The Labute approximate surface area is 106 Å². The molecule has 0 aromatic heterocycles. The van der Waals surface area contributed by atoms with E-state index in [0.29, 0.717) is 11.5 Å². The fraction of sp³-hybridized carbons (Fsp3) is 0.429. The number of benzene rings is 1. The summed E-state index contributed by atoms with van der Waals surface area (Å²) in [7, 11) is 0. The molecule has 0 spiro atoms. The van der Waals surface area contributed by atoms with Gasteiger partial charge in [0.2, 0.25) is 0 Å². The van der Waals surface area contributed by atoms with Crippen LogP contribution in [-0.4, -0.2) is 35.0 Å². The number of carboxylic acids is 1. The average molecular weight is 247 g/mol. The molecule has 2 rings (SSSR count). The van der Waals surface area contributed by atoms with E-state index in [1.165, 1.54) is 12.1 Å². The van der Waals surface area contributed by atoms with Crippen molar-refractivity contribution in [3.63, 3.8) is 0 Å². The molecule has 1 unspecified atom stereocenters. The summed E-state index contributed by atoms with van der Waals surface area (Å²) in [5.41, 5.74) is 0.620. The first-order valence-electron chi connectivity index (χ1n) is 6.20. The van der Waals surface area contributed by atoms with E-state index in [9.17, 15) is 9.59 Å². The third-order valence-electron chi connectivity index (χ3n) is 3.30. The van der Waals surface area contributed by atoms with Crippen molar-refractivity contribution < 1.29 is 14.7 Å². The van der Waals surface area contributed by atoms with Crippen molar-refractivity contribution in [3.8, 4) is 0 Å². The number of carbonyl (C=O) groups is 2. The first kappa shape index (κ1) is 12.6. The van der Waals surface area contributed by atoms with Gasteiger partial charge < -0.3 is 10.0 Å². The minimum Gasteiger partial charge on any atom is -0.478 e. The standard InChI is InChI=1S/C14H17NO3/c1-10-4-3-7-15(9-10)13(16)11-5-2-6-12(8-11)14(17)18/h2,5-6,8,10H,3-4,7,9H2,1H3,(H,17,18). The molecule has 4 nitrogen and oxygen atoms in total. The molecule has 1 atom stereocenters. The van der Waals surface area contributed by atoms with Crippen molar-refractivity contribution in [2.24, 2.45) is 5.92 Å². The highest BCUT2D eigenvalue weighted by molar-refractivity contribution is 5.97. The molecule has 0 aliphatic carbocycles. The molecule has 0 saturated carbocycles. The van der Waals surface area contributed by atoms with Crippen molar-refractivity contribution in [2.75, 3.05) is 13.1 Å². The van der Waals surface area contributed by atoms with E-state index in [-0.39, 0.29) is 11.5 Å². The molecule has 1 fully saturated rings. The van der Waals surface area contributed by atoms with E-state index >= 15 is 0 Å². The molecule has 1 N–H and O–H groups in total. The third-order valence-corrected chi connectivity index (χ3v) is 3.30. The summed E-state index contributed by atoms with van der Waals surface area (Å²) >= 11 is 0. The molecule has 1 heterocycles. The van der Waals surface area contributed by atoms with Crippen LogP contribution in [0.1, 0.15) is 40.5 Å². The highest BCUT2D eigenvalue weighted by atomic mass is 16.4. The number of amides is 1.